The van der Waals surface area contributed by atoms with Gasteiger partial charge in [-0.1, -0.05) is 0 Å². The molecule has 35 heavy (non-hydrogen) atoms. The van der Waals surface area contributed by atoms with Gasteiger partial charge in [-0.3, -0.25) is 14.3 Å². The number of amides is 2. The van der Waals surface area contributed by atoms with Gasteiger partial charge in [-0.25, -0.2) is 4.39 Å². The number of anilines is 1. The summed E-state index contributed by atoms with van der Waals surface area (Å²) in [5, 5.41) is 16.6. The number of aliphatic hydroxyl groups excluding tert-OH is 1. The Hall–Kier alpha value is -3.92. The lowest BCUT2D eigenvalue weighted by Gasteiger charge is -2.30. The van der Waals surface area contributed by atoms with Crippen molar-refractivity contribution in [3.8, 4) is 17.2 Å². The van der Waals surface area contributed by atoms with Crippen LogP contribution in [0.15, 0.2) is 48.7 Å². The zero-order valence-electron chi connectivity index (χ0n) is 19.7. The minimum Gasteiger partial charge on any atom is -0.488 e. The molecule has 0 spiro atoms. The minimum absolute atomic E-state index is 0.109. The lowest BCUT2D eigenvalue weighted by molar-refractivity contribution is 0.0602. The summed E-state index contributed by atoms with van der Waals surface area (Å²) in [5.74, 6) is -0.754. The molecular weight excluding hydrogens is 455 g/mol. The highest BCUT2D eigenvalue weighted by molar-refractivity contribution is 6.04. The molecule has 10 heteroatoms. The Morgan fingerprint density at radius 1 is 1.09 bits per heavy atom. The fourth-order valence-electron chi connectivity index (χ4n) is 3.36. The zero-order chi connectivity index (χ0) is 25.1. The Morgan fingerprint density at radius 2 is 1.83 bits per heavy atom. The van der Waals surface area contributed by atoms with Gasteiger partial charge >= 0.3 is 0 Å². The van der Waals surface area contributed by atoms with E-state index in [1.165, 1.54) is 30.3 Å². The number of halogens is 1. The Morgan fingerprint density at radius 3 is 2.43 bits per heavy atom. The Bertz CT molecular complexity index is 1240. The number of nitrogens with zero attached hydrogens (tertiary/aromatic N) is 3. The van der Waals surface area contributed by atoms with Gasteiger partial charge in [-0.05, 0) is 50.6 Å². The highest BCUT2D eigenvalue weighted by atomic mass is 19.1. The average molecular weight is 483 g/mol. The highest BCUT2D eigenvalue weighted by Crippen LogP contribution is 2.31. The standard InChI is InChI=1S/C25H27FN4O5/c1-15(31)16(2)34-19-11-18(24(32)27-23-7-10-29(3)28-23)12-20(14-19)35-22-6-5-17(13-21(22)26)25(33)30-8-4-9-30/h5-7,10-16,31H,4,8-9H2,1-3H3,(H,27,28,32)/t15-,16-/m0/s1. The summed E-state index contributed by atoms with van der Waals surface area (Å²) in [6.07, 6.45) is 1.30. The van der Waals surface area contributed by atoms with E-state index in [0.29, 0.717) is 18.9 Å². The number of hydrogen-bond acceptors (Lipinski definition) is 6. The molecule has 0 radical (unpaired) electrons. The number of ether oxygens (including phenoxy) is 2. The normalized spacial score (nSPS) is 14.6. The van der Waals surface area contributed by atoms with Crippen LogP contribution in [0, 0.1) is 5.82 Å². The van der Waals surface area contributed by atoms with E-state index in [1.54, 1.807) is 42.7 Å². The number of hydrogen-bond donors (Lipinski definition) is 2. The van der Waals surface area contributed by atoms with Crippen molar-refractivity contribution in [2.24, 2.45) is 7.05 Å². The second kappa shape index (κ2) is 10.1. The fraction of sp³-hybridized carbons (Fsp3) is 0.320. The van der Waals surface area contributed by atoms with Crippen molar-refractivity contribution in [2.75, 3.05) is 18.4 Å². The largest absolute Gasteiger partial charge is 0.488 e. The zero-order valence-corrected chi connectivity index (χ0v) is 19.7. The van der Waals surface area contributed by atoms with Crippen LogP contribution >= 0.6 is 0 Å². The molecule has 0 unspecified atom stereocenters. The first-order chi connectivity index (χ1) is 16.7. The van der Waals surface area contributed by atoms with Crippen LogP contribution in [-0.4, -0.2) is 56.9 Å². The molecule has 4 rings (SSSR count). The number of carbonyl (C=O) groups is 2. The first kappa shape index (κ1) is 24.2. The predicted molar refractivity (Wildman–Crippen MR) is 126 cm³/mol. The molecule has 2 amide bonds. The van der Waals surface area contributed by atoms with E-state index in [4.69, 9.17) is 9.47 Å². The second-order valence-corrected chi connectivity index (χ2v) is 8.48. The minimum atomic E-state index is -0.765. The molecule has 184 valence electrons. The van der Waals surface area contributed by atoms with Gasteiger partial charge in [0.15, 0.2) is 17.4 Å². The number of aliphatic hydroxyl groups is 1. The van der Waals surface area contributed by atoms with Gasteiger partial charge < -0.3 is 24.8 Å². The van der Waals surface area contributed by atoms with E-state index in [0.717, 1.165) is 12.5 Å². The van der Waals surface area contributed by atoms with Crippen molar-refractivity contribution in [3.05, 3.63) is 65.6 Å². The number of aromatic nitrogens is 2. The van der Waals surface area contributed by atoms with Crippen LogP contribution < -0.4 is 14.8 Å². The second-order valence-electron chi connectivity index (χ2n) is 8.48. The molecule has 2 aromatic carbocycles. The maximum Gasteiger partial charge on any atom is 0.257 e. The van der Waals surface area contributed by atoms with E-state index in [2.05, 4.69) is 10.4 Å². The van der Waals surface area contributed by atoms with Crippen LogP contribution in [-0.2, 0) is 7.05 Å². The van der Waals surface area contributed by atoms with Gasteiger partial charge in [0, 0.05) is 49.6 Å². The average Bonchev–Trinajstić information content (AvgIpc) is 3.18. The maximum absolute atomic E-state index is 14.8. The summed E-state index contributed by atoms with van der Waals surface area (Å²) in [6.45, 7) is 4.59. The molecule has 1 aromatic heterocycles. The smallest absolute Gasteiger partial charge is 0.257 e. The molecule has 2 heterocycles. The monoisotopic (exact) mass is 482 g/mol. The predicted octanol–water partition coefficient (Wildman–Crippen LogP) is 3.60. The van der Waals surface area contributed by atoms with Crippen molar-refractivity contribution in [3.63, 3.8) is 0 Å². The molecule has 0 aliphatic carbocycles. The molecule has 9 nitrogen and oxygen atoms in total. The van der Waals surface area contributed by atoms with Crippen LogP contribution in [0.25, 0.3) is 0 Å². The SMILES string of the molecule is C[C@H](O)[C@H](C)Oc1cc(Oc2ccc(C(=O)N3CCC3)cc2F)cc(C(=O)Nc2ccn(C)n2)c1. The van der Waals surface area contributed by atoms with E-state index in [1.807, 2.05) is 0 Å². The quantitative estimate of drug-likeness (QED) is 0.508. The highest BCUT2D eigenvalue weighted by Gasteiger charge is 2.23. The van der Waals surface area contributed by atoms with Crippen molar-refractivity contribution < 1.29 is 28.6 Å². The van der Waals surface area contributed by atoms with Crippen molar-refractivity contribution >= 4 is 17.6 Å². The molecule has 2 atom stereocenters. The van der Waals surface area contributed by atoms with Gasteiger partial charge in [-0.15, -0.1) is 0 Å². The van der Waals surface area contributed by atoms with Crippen LogP contribution in [0.2, 0.25) is 0 Å². The summed E-state index contributed by atoms with van der Waals surface area (Å²) in [4.78, 5) is 26.8. The van der Waals surface area contributed by atoms with E-state index >= 15 is 0 Å². The first-order valence-corrected chi connectivity index (χ1v) is 11.3. The molecule has 1 saturated heterocycles. The lowest BCUT2D eigenvalue weighted by Crippen LogP contribution is -2.42. The van der Waals surface area contributed by atoms with Gasteiger partial charge in [0.2, 0.25) is 0 Å². The van der Waals surface area contributed by atoms with Gasteiger partial charge in [0.25, 0.3) is 11.8 Å². The van der Waals surface area contributed by atoms with E-state index < -0.39 is 23.9 Å². The Labute approximate surface area is 202 Å². The summed E-state index contributed by atoms with van der Waals surface area (Å²) in [7, 11) is 1.73. The number of nitrogens with one attached hydrogen (secondary N) is 1. The van der Waals surface area contributed by atoms with E-state index in [9.17, 15) is 19.1 Å². The lowest BCUT2D eigenvalue weighted by atomic mass is 10.1. The topological polar surface area (TPSA) is 106 Å². The Balaban J connectivity index is 1.59. The Kier molecular flexibility index (Phi) is 7.02. The van der Waals surface area contributed by atoms with Crippen LogP contribution in [0.3, 0.4) is 0 Å². The molecule has 1 aliphatic heterocycles. The molecule has 1 fully saturated rings. The molecule has 0 saturated carbocycles. The molecular formula is C25H27FN4O5. The van der Waals surface area contributed by atoms with E-state index in [-0.39, 0.29) is 34.3 Å². The molecule has 2 N–H and O–H groups in total. The molecule has 1 aliphatic rings. The van der Waals surface area contributed by atoms with Gasteiger partial charge in [-0.2, -0.15) is 5.10 Å². The third kappa shape index (κ3) is 5.78. The summed E-state index contributed by atoms with van der Waals surface area (Å²) in [6, 6.07) is 10.1. The maximum atomic E-state index is 14.8. The van der Waals surface area contributed by atoms with Crippen LogP contribution in [0.1, 0.15) is 41.0 Å². The van der Waals surface area contributed by atoms with Crippen molar-refractivity contribution in [2.45, 2.75) is 32.5 Å². The summed E-state index contributed by atoms with van der Waals surface area (Å²) < 4.78 is 27.8. The van der Waals surface area contributed by atoms with Crippen molar-refractivity contribution in [1.29, 1.82) is 0 Å². The summed E-state index contributed by atoms with van der Waals surface area (Å²) in [5.41, 5.74) is 0.429. The number of benzene rings is 2. The summed E-state index contributed by atoms with van der Waals surface area (Å²) >= 11 is 0. The number of aryl methyl sites for hydroxylation is 1. The molecule has 3 aromatic rings. The van der Waals surface area contributed by atoms with Crippen molar-refractivity contribution in [1.82, 2.24) is 14.7 Å². The van der Waals surface area contributed by atoms with Gasteiger partial charge in [0.1, 0.15) is 17.6 Å². The van der Waals surface area contributed by atoms with Crippen LogP contribution in [0.5, 0.6) is 17.2 Å². The fourth-order valence-corrected chi connectivity index (χ4v) is 3.36. The molecule has 0 bridgehead atoms. The number of rotatable bonds is 8. The number of carbonyl (C=O) groups excluding carboxylic acids is 2. The van der Waals surface area contributed by atoms with Crippen LogP contribution in [0.4, 0.5) is 10.2 Å². The number of likely N-dealkylation sites (tertiary alicyclic amines) is 1. The third-order valence-corrected chi connectivity index (χ3v) is 5.65. The third-order valence-electron chi connectivity index (χ3n) is 5.65. The first-order valence-electron chi connectivity index (χ1n) is 11.3. The van der Waals surface area contributed by atoms with Gasteiger partial charge in [0.05, 0.1) is 6.10 Å².